The minimum Gasteiger partial charge on any atom is -0.0533 e. The Hall–Kier alpha value is 0. The third-order valence-electron chi connectivity index (χ3n) is 4.34. The lowest BCUT2D eigenvalue weighted by Gasteiger charge is -2.07. The molecule has 0 heteroatoms. The third kappa shape index (κ3) is 8.69. The van der Waals surface area contributed by atoms with Crippen molar-refractivity contribution < 1.29 is 0 Å². The largest absolute Gasteiger partial charge is 0.0533 e. The molecular weight excluding hydrogens is 204 g/mol. The van der Waals surface area contributed by atoms with E-state index in [1.807, 2.05) is 0 Å². The molecule has 17 heavy (non-hydrogen) atoms. The highest BCUT2D eigenvalue weighted by atomic mass is 14.2. The molecular formula is C17H33. The third-order valence-corrected chi connectivity index (χ3v) is 4.34. The van der Waals surface area contributed by atoms with E-state index < -0.39 is 0 Å². The average molecular weight is 237 g/mol. The minimum absolute atomic E-state index is 1.11. The van der Waals surface area contributed by atoms with E-state index in [-0.39, 0.29) is 0 Å². The van der Waals surface area contributed by atoms with Gasteiger partial charge in [0.2, 0.25) is 0 Å². The van der Waals surface area contributed by atoms with Crippen LogP contribution in [0.15, 0.2) is 0 Å². The van der Waals surface area contributed by atoms with Gasteiger partial charge in [-0.05, 0) is 5.92 Å². The molecule has 0 saturated heterocycles. The predicted octanol–water partition coefficient (Wildman–Crippen LogP) is 6.30. The molecule has 0 atom stereocenters. The van der Waals surface area contributed by atoms with E-state index in [0.29, 0.717) is 0 Å². The van der Waals surface area contributed by atoms with E-state index in [1.54, 1.807) is 0 Å². The molecule has 1 rings (SSSR count). The van der Waals surface area contributed by atoms with E-state index in [1.165, 1.54) is 89.9 Å². The van der Waals surface area contributed by atoms with Crippen molar-refractivity contribution in [3.63, 3.8) is 0 Å². The molecule has 0 spiro atoms. The Balaban J connectivity index is 1.69. The molecule has 0 aromatic carbocycles. The van der Waals surface area contributed by atoms with Crippen LogP contribution in [0.4, 0.5) is 0 Å². The first kappa shape index (κ1) is 15.1. The number of hydrogen-bond acceptors (Lipinski definition) is 0. The van der Waals surface area contributed by atoms with Gasteiger partial charge in [0, 0.05) is 0 Å². The Kier molecular flexibility index (Phi) is 9.84. The molecule has 0 aromatic heterocycles. The SMILES string of the molecule is [CH2]CCCCCCCCCCCC1CCCC1. The second kappa shape index (κ2) is 11.1. The second-order valence-corrected chi connectivity index (χ2v) is 5.97. The summed E-state index contributed by atoms with van der Waals surface area (Å²) in [5, 5.41) is 0. The van der Waals surface area contributed by atoms with Crippen molar-refractivity contribution in [1.82, 2.24) is 0 Å². The molecule has 101 valence electrons. The van der Waals surface area contributed by atoms with Crippen molar-refractivity contribution in [3.05, 3.63) is 6.92 Å². The molecule has 0 nitrogen and oxygen atoms in total. The molecule has 0 heterocycles. The van der Waals surface area contributed by atoms with Gasteiger partial charge in [0.25, 0.3) is 0 Å². The molecule has 1 saturated carbocycles. The van der Waals surface area contributed by atoms with Crippen molar-refractivity contribution in [3.8, 4) is 0 Å². The van der Waals surface area contributed by atoms with Crippen LogP contribution >= 0.6 is 0 Å². The Morgan fingerprint density at radius 2 is 1.12 bits per heavy atom. The van der Waals surface area contributed by atoms with Crippen molar-refractivity contribution in [2.75, 3.05) is 0 Å². The predicted molar refractivity (Wildman–Crippen MR) is 78.1 cm³/mol. The summed E-state index contributed by atoms with van der Waals surface area (Å²) < 4.78 is 0. The molecule has 0 aliphatic heterocycles. The number of hydrogen-bond donors (Lipinski definition) is 0. The van der Waals surface area contributed by atoms with E-state index in [2.05, 4.69) is 6.92 Å². The van der Waals surface area contributed by atoms with Gasteiger partial charge in [-0.1, -0.05) is 103 Å². The fourth-order valence-electron chi connectivity index (χ4n) is 3.15. The molecule has 0 amide bonds. The summed E-state index contributed by atoms with van der Waals surface area (Å²) in [5.74, 6) is 1.11. The molecule has 0 N–H and O–H groups in total. The molecule has 1 radical (unpaired) electrons. The topological polar surface area (TPSA) is 0 Å². The quantitative estimate of drug-likeness (QED) is 0.370. The molecule has 0 bridgehead atoms. The highest BCUT2D eigenvalue weighted by Crippen LogP contribution is 2.29. The summed E-state index contributed by atoms with van der Waals surface area (Å²) in [4.78, 5) is 0. The lowest BCUT2D eigenvalue weighted by Crippen LogP contribution is -1.92. The first-order valence-corrected chi connectivity index (χ1v) is 8.22. The summed E-state index contributed by atoms with van der Waals surface area (Å²) in [7, 11) is 0. The molecule has 1 aliphatic carbocycles. The van der Waals surface area contributed by atoms with Crippen LogP contribution in [0, 0.1) is 12.8 Å². The summed E-state index contributed by atoms with van der Waals surface area (Å²) >= 11 is 0. The maximum atomic E-state index is 3.89. The summed E-state index contributed by atoms with van der Waals surface area (Å²) in [6.07, 6.45) is 21.8. The van der Waals surface area contributed by atoms with Crippen molar-refractivity contribution >= 4 is 0 Å². The van der Waals surface area contributed by atoms with Crippen LogP contribution in [-0.4, -0.2) is 0 Å². The molecule has 1 fully saturated rings. The highest BCUT2D eigenvalue weighted by molar-refractivity contribution is 4.66. The van der Waals surface area contributed by atoms with E-state index in [4.69, 9.17) is 0 Å². The zero-order valence-corrected chi connectivity index (χ0v) is 11.9. The molecule has 0 aromatic rings. The smallest absolute Gasteiger partial charge is 0.0414 e. The monoisotopic (exact) mass is 237 g/mol. The van der Waals surface area contributed by atoms with Gasteiger partial charge < -0.3 is 0 Å². The lowest BCUT2D eigenvalue weighted by molar-refractivity contribution is 0.460. The maximum absolute atomic E-state index is 3.89. The molecule has 1 aliphatic rings. The van der Waals surface area contributed by atoms with Gasteiger partial charge in [-0.25, -0.2) is 0 Å². The van der Waals surface area contributed by atoms with Crippen LogP contribution < -0.4 is 0 Å². The first-order chi connectivity index (χ1) is 8.43. The molecule has 0 unspecified atom stereocenters. The second-order valence-electron chi connectivity index (χ2n) is 5.97. The van der Waals surface area contributed by atoms with Crippen molar-refractivity contribution in [2.24, 2.45) is 5.92 Å². The van der Waals surface area contributed by atoms with Crippen LogP contribution in [0.2, 0.25) is 0 Å². The fraction of sp³-hybridized carbons (Fsp3) is 0.941. The summed E-state index contributed by atoms with van der Waals surface area (Å²) in [5.41, 5.74) is 0. The minimum atomic E-state index is 1.11. The zero-order chi connectivity index (χ0) is 12.2. The van der Waals surface area contributed by atoms with Gasteiger partial charge in [-0.3, -0.25) is 0 Å². The highest BCUT2D eigenvalue weighted by Gasteiger charge is 2.13. The standard InChI is InChI=1S/C17H33/c1-2-3-4-5-6-7-8-9-10-11-14-17-15-12-13-16-17/h17H,1-16H2. The van der Waals surface area contributed by atoms with Crippen LogP contribution in [0.3, 0.4) is 0 Å². The van der Waals surface area contributed by atoms with Gasteiger partial charge >= 0.3 is 0 Å². The van der Waals surface area contributed by atoms with Gasteiger partial charge in [-0.15, -0.1) is 0 Å². The van der Waals surface area contributed by atoms with E-state index in [9.17, 15) is 0 Å². The normalized spacial score (nSPS) is 16.8. The van der Waals surface area contributed by atoms with Gasteiger partial charge in [0.1, 0.15) is 0 Å². The summed E-state index contributed by atoms with van der Waals surface area (Å²) in [6.45, 7) is 3.89. The van der Waals surface area contributed by atoms with Gasteiger partial charge in [0.15, 0.2) is 0 Å². The van der Waals surface area contributed by atoms with Crippen LogP contribution in [0.25, 0.3) is 0 Å². The maximum Gasteiger partial charge on any atom is -0.0414 e. The lowest BCUT2D eigenvalue weighted by atomic mass is 9.99. The van der Waals surface area contributed by atoms with Crippen LogP contribution in [-0.2, 0) is 0 Å². The van der Waals surface area contributed by atoms with E-state index >= 15 is 0 Å². The fourth-order valence-corrected chi connectivity index (χ4v) is 3.15. The first-order valence-electron chi connectivity index (χ1n) is 8.22. The van der Waals surface area contributed by atoms with Gasteiger partial charge in [0.05, 0.1) is 0 Å². The Bertz CT molecular complexity index is 144. The van der Waals surface area contributed by atoms with Gasteiger partial charge in [-0.2, -0.15) is 0 Å². The van der Waals surface area contributed by atoms with Crippen molar-refractivity contribution in [2.45, 2.75) is 96.3 Å². The van der Waals surface area contributed by atoms with Crippen LogP contribution in [0.5, 0.6) is 0 Å². The summed E-state index contributed by atoms with van der Waals surface area (Å²) in [6, 6.07) is 0. The Labute approximate surface area is 110 Å². The average Bonchev–Trinajstić information content (AvgIpc) is 2.85. The van der Waals surface area contributed by atoms with Crippen LogP contribution in [0.1, 0.15) is 96.3 Å². The number of unbranched alkanes of at least 4 members (excludes halogenated alkanes) is 9. The number of rotatable bonds is 11. The Morgan fingerprint density at radius 3 is 1.65 bits per heavy atom. The van der Waals surface area contributed by atoms with Crippen molar-refractivity contribution in [1.29, 1.82) is 0 Å². The zero-order valence-electron chi connectivity index (χ0n) is 11.9. The Morgan fingerprint density at radius 1 is 0.647 bits per heavy atom. The van der Waals surface area contributed by atoms with E-state index in [0.717, 1.165) is 12.3 Å².